The largest absolute Gasteiger partial charge is 0.477 e. The molecule has 2 atom stereocenters. The summed E-state index contributed by atoms with van der Waals surface area (Å²) in [6, 6.07) is 0. The van der Waals surface area contributed by atoms with E-state index in [0.717, 1.165) is 135 Å². The van der Waals surface area contributed by atoms with E-state index in [2.05, 4.69) is 172 Å². The van der Waals surface area contributed by atoms with Gasteiger partial charge in [-0.25, -0.2) is 4.79 Å². The van der Waals surface area contributed by atoms with Crippen LogP contribution in [0.25, 0.3) is 0 Å². The fourth-order valence-electron chi connectivity index (χ4n) is 9.76. The highest BCUT2D eigenvalue weighted by molar-refractivity contribution is 5.71. The predicted octanol–water partition coefficient (Wildman–Crippen LogP) is 23.2. The zero-order chi connectivity index (χ0) is 66.1. The molecule has 9 heteroatoms. The Bertz CT molecular complexity index is 2060. The fourth-order valence-corrected chi connectivity index (χ4v) is 9.76. The third-order valence-electron chi connectivity index (χ3n) is 15.3. The van der Waals surface area contributed by atoms with Gasteiger partial charge < -0.3 is 28.5 Å². The molecule has 0 aliphatic rings. The van der Waals surface area contributed by atoms with Crippen molar-refractivity contribution in [3.8, 4) is 0 Å². The topological polar surface area (TPSA) is 108 Å². The van der Waals surface area contributed by atoms with Crippen LogP contribution in [-0.4, -0.2) is 87.4 Å². The van der Waals surface area contributed by atoms with Crippen LogP contribution in [0.5, 0.6) is 0 Å². The van der Waals surface area contributed by atoms with Crippen LogP contribution >= 0.6 is 0 Å². The zero-order valence-electron chi connectivity index (χ0n) is 58.9. The summed E-state index contributed by atoms with van der Waals surface area (Å²) in [7, 11) is 5.97. The van der Waals surface area contributed by atoms with Gasteiger partial charge in [0, 0.05) is 12.8 Å². The van der Waals surface area contributed by atoms with Gasteiger partial charge in [-0.05, 0) is 122 Å². The number of ether oxygens (including phenoxy) is 4. The average Bonchev–Trinajstić information content (AvgIpc) is 3.53. The van der Waals surface area contributed by atoms with Crippen molar-refractivity contribution in [2.45, 2.75) is 296 Å². The first-order valence-corrected chi connectivity index (χ1v) is 36.6. The first-order valence-electron chi connectivity index (χ1n) is 36.6. The van der Waals surface area contributed by atoms with Gasteiger partial charge in [-0.2, -0.15) is 0 Å². The molecular weight excluding hydrogens is 1130 g/mol. The van der Waals surface area contributed by atoms with Gasteiger partial charge in [0.25, 0.3) is 6.29 Å². The second kappa shape index (κ2) is 70.8. The van der Waals surface area contributed by atoms with Gasteiger partial charge in [0.1, 0.15) is 13.2 Å². The lowest BCUT2D eigenvalue weighted by molar-refractivity contribution is -0.870. The van der Waals surface area contributed by atoms with Crippen molar-refractivity contribution in [2.24, 2.45) is 0 Å². The van der Waals surface area contributed by atoms with Gasteiger partial charge in [-0.1, -0.05) is 307 Å². The van der Waals surface area contributed by atoms with E-state index in [1.165, 1.54) is 116 Å². The number of unbranched alkanes of at least 4 members (excludes halogenated alkanes) is 25. The van der Waals surface area contributed by atoms with Crippen molar-refractivity contribution in [1.82, 2.24) is 0 Å². The quantitative estimate of drug-likeness (QED) is 0.0211. The maximum atomic E-state index is 13.0. The van der Waals surface area contributed by atoms with Gasteiger partial charge in [-0.15, -0.1) is 0 Å². The molecule has 516 valence electrons. The van der Waals surface area contributed by atoms with Crippen LogP contribution in [0.15, 0.2) is 158 Å². The number of allylic oxidation sites excluding steroid dienone is 26. The molecule has 0 radical (unpaired) electrons. The molecule has 0 aliphatic carbocycles. The number of hydrogen-bond donors (Lipinski definition) is 1. The molecule has 0 aromatic heterocycles. The summed E-state index contributed by atoms with van der Waals surface area (Å²) in [4.78, 5) is 37.7. The van der Waals surface area contributed by atoms with E-state index in [1.807, 2.05) is 21.1 Å². The Morgan fingerprint density at radius 1 is 0.330 bits per heavy atom. The number of hydrogen-bond acceptors (Lipinski definition) is 7. The minimum Gasteiger partial charge on any atom is -0.477 e. The molecule has 0 amide bonds. The number of carboxylic acids is 1. The molecule has 0 aliphatic heterocycles. The molecule has 0 spiro atoms. The molecule has 91 heavy (non-hydrogen) atoms. The van der Waals surface area contributed by atoms with Crippen LogP contribution in [0, 0.1) is 0 Å². The van der Waals surface area contributed by atoms with Crippen molar-refractivity contribution in [3.05, 3.63) is 158 Å². The smallest absolute Gasteiger partial charge is 0.361 e. The number of carboxylic acid groups (broad SMARTS) is 1. The molecule has 0 fully saturated rings. The summed E-state index contributed by atoms with van der Waals surface area (Å²) >= 11 is 0. The second-order valence-electron chi connectivity index (χ2n) is 25.1. The lowest BCUT2D eigenvalue weighted by atomic mass is 10.0. The molecule has 1 N–H and O–H groups in total. The maximum Gasteiger partial charge on any atom is 0.361 e. The van der Waals surface area contributed by atoms with Gasteiger partial charge in [0.2, 0.25) is 0 Å². The van der Waals surface area contributed by atoms with E-state index < -0.39 is 24.3 Å². The summed E-state index contributed by atoms with van der Waals surface area (Å²) in [5.74, 6) is -2.02. The van der Waals surface area contributed by atoms with Crippen LogP contribution in [0.4, 0.5) is 0 Å². The van der Waals surface area contributed by atoms with Gasteiger partial charge >= 0.3 is 17.9 Å². The average molecular weight is 1260 g/mol. The molecule has 2 unspecified atom stereocenters. The van der Waals surface area contributed by atoms with Gasteiger partial charge in [0.15, 0.2) is 6.10 Å². The lowest BCUT2D eigenvalue weighted by Gasteiger charge is -2.25. The number of carbonyl (C=O) groups is 3. The van der Waals surface area contributed by atoms with Crippen molar-refractivity contribution in [1.29, 1.82) is 0 Å². The van der Waals surface area contributed by atoms with E-state index in [9.17, 15) is 19.5 Å². The Balaban J connectivity index is 4.09. The minimum absolute atomic E-state index is 0.181. The normalized spacial score (nSPS) is 13.6. The Morgan fingerprint density at radius 3 is 0.879 bits per heavy atom. The predicted molar refractivity (Wildman–Crippen MR) is 391 cm³/mol. The molecule has 0 saturated carbocycles. The summed E-state index contributed by atoms with van der Waals surface area (Å²) < 4.78 is 23.0. The third kappa shape index (κ3) is 72.2. The van der Waals surface area contributed by atoms with E-state index in [0.29, 0.717) is 17.4 Å². The monoisotopic (exact) mass is 1260 g/mol. The second-order valence-corrected chi connectivity index (χ2v) is 25.1. The minimum atomic E-state index is -1.52. The zero-order valence-corrected chi connectivity index (χ0v) is 58.9. The van der Waals surface area contributed by atoms with E-state index in [4.69, 9.17) is 18.9 Å². The van der Waals surface area contributed by atoms with Crippen molar-refractivity contribution in [3.63, 3.8) is 0 Å². The first-order chi connectivity index (χ1) is 44.6. The molecule has 0 heterocycles. The SMILES string of the molecule is CC/C=C\C/C=C\C/C=C\C/C=C\C/C=C\C/C=C\C/C=C\C/C=C\CCCCCCCCCCCCCCCCCCC(=O)OC(COC(=O)CCCCCCCCCCC/C=C\C/C=C\C/C=C\C/C=C\C/C=C\CC)COC(OCC[N+](C)(C)C)C(=O)O. The fraction of sp³-hybridized carbons (Fsp3) is 0.646. The first kappa shape index (κ1) is 85.9. The number of carbonyl (C=O) groups excluding carboxylic acids is 2. The molecule has 0 bridgehead atoms. The summed E-state index contributed by atoms with van der Waals surface area (Å²) in [6.45, 7) is 4.65. The van der Waals surface area contributed by atoms with Crippen LogP contribution in [0.2, 0.25) is 0 Å². The van der Waals surface area contributed by atoms with Crippen molar-refractivity contribution < 1.29 is 42.9 Å². The van der Waals surface area contributed by atoms with Crippen LogP contribution < -0.4 is 0 Å². The number of esters is 2. The molecular formula is C82H136NO8+. The summed E-state index contributed by atoms with van der Waals surface area (Å²) in [5.41, 5.74) is 0. The number of likely N-dealkylation sites (N-methyl/N-ethyl adjacent to an activating group) is 1. The Kier molecular flexibility index (Phi) is 66.8. The summed E-state index contributed by atoms with van der Waals surface area (Å²) in [5, 5.41) is 9.76. The lowest BCUT2D eigenvalue weighted by Crippen LogP contribution is -2.40. The molecule has 0 rings (SSSR count). The van der Waals surface area contributed by atoms with Gasteiger partial charge in [-0.3, -0.25) is 9.59 Å². The molecule has 0 saturated heterocycles. The number of quaternary nitrogens is 1. The maximum absolute atomic E-state index is 13.0. The number of rotatable bonds is 66. The van der Waals surface area contributed by atoms with Crippen LogP contribution in [-0.2, 0) is 33.3 Å². The Labute approximate surface area is 559 Å². The molecule has 0 aromatic rings. The highest BCUT2D eigenvalue weighted by Gasteiger charge is 2.25. The van der Waals surface area contributed by atoms with E-state index in [1.54, 1.807) is 0 Å². The van der Waals surface area contributed by atoms with Crippen LogP contribution in [0.3, 0.4) is 0 Å². The molecule has 9 nitrogen and oxygen atoms in total. The number of nitrogens with zero attached hydrogens (tertiary/aromatic N) is 1. The van der Waals surface area contributed by atoms with E-state index >= 15 is 0 Å². The molecule has 0 aromatic carbocycles. The van der Waals surface area contributed by atoms with Crippen molar-refractivity contribution in [2.75, 3.05) is 47.5 Å². The highest BCUT2D eigenvalue weighted by atomic mass is 16.7. The van der Waals surface area contributed by atoms with Gasteiger partial charge in [0.05, 0.1) is 34.4 Å². The Morgan fingerprint density at radius 2 is 0.593 bits per heavy atom. The van der Waals surface area contributed by atoms with Crippen molar-refractivity contribution >= 4 is 17.9 Å². The Hall–Kier alpha value is -5.09. The number of aliphatic carboxylic acids is 1. The highest BCUT2D eigenvalue weighted by Crippen LogP contribution is 2.17. The third-order valence-corrected chi connectivity index (χ3v) is 15.3. The summed E-state index contributed by atoms with van der Waals surface area (Å²) in [6.07, 6.45) is 102. The standard InChI is InChI=1S/C82H135NO8/c1-6-8-10-12-14-16-18-20-22-24-26-28-30-32-33-34-35-36-37-38-39-40-41-42-43-44-45-46-47-49-51-53-55-57-59-61-63-65-67-69-71-73-80(85)91-78(77-90-82(81(86)87)88-75-74-83(3,4)5)76-89-79(84)72-70-68-66-64-62-60-58-56-54-52-50-48-31-29-27-25-23-21-19-17-15-13-11-9-7-2/h8-11,14-17,20-23,26-29,32-33,35-36,38-39,41-42,48,50,78,82H,6-7,12-13,18-19,24-25,30-31,34,37,40,43-47,49,51-77H2,1-5H3/p+1/b10-8-,11-9-,16-14-,17-15-,22-20-,23-21-,28-26-,29-27-,33-32-,36-35-,39-38-,42-41-,50-48-. The van der Waals surface area contributed by atoms with Crippen LogP contribution in [0.1, 0.15) is 284 Å². The van der Waals surface area contributed by atoms with E-state index in [-0.39, 0.29) is 38.6 Å².